The minimum atomic E-state index is -0.409. The summed E-state index contributed by atoms with van der Waals surface area (Å²) in [7, 11) is 1.93. The third-order valence-electron chi connectivity index (χ3n) is 3.59. The fourth-order valence-electron chi connectivity index (χ4n) is 2.69. The molecule has 1 atom stereocenters. The Bertz CT molecular complexity index is 566. The van der Waals surface area contributed by atoms with Gasteiger partial charge in [-0.2, -0.15) is 9.49 Å². The lowest BCUT2D eigenvalue weighted by Crippen LogP contribution is -2.21. The molecule has 0 saturated carbocycles. The predicted octanol–water partition coefficient (Wildman–Crippen LogP) is 2.02. The van der Waals surface area contributed by atoms with E-state index in [2.05, 4.69) is 21.2 Å². The van der Waals surface area contributed by atoms with Gasteiger partial charge in [-0.1, -0.05) is 6.07 Å². The number of hydrogen-bond acceptors (Lipinski definition) is 3. The molecule has 1 unspecified atom stereocenters. The smallest absolute Gasteiger partial charge is 0.214 e. The van der Waals surface area contributed by atoms with Crippen molar-refractivity contribution in [2.24, 2.45) is 13.0 Å². The van der Waals surface area contributed by atoms with Gasteiger partial charge in [0.25, 0.3) is 0 Å². The monoisotopic (exact) mass is 260 g/mol. The summed E-state index contributed by atoms with van der Waals surface area (Å²) in [5, 5.41) is 4.19. The number of anilines is 1. The van der Waals surface area contributed by atoms with Crippen LogP contribution in [-0.2, 0) is 13.5 Å². The largest absolute Gasteiger partial charge is 0.356 e. The molecule has 3 rings (SSSR count). The van der Waals surface area contributed by atoms with Crippen LogP contribution in [0, 0.1) is 11.9 Å². The van der Waals surface area contributed by atoms with Crippen LogP contribution in [0.4, 0.5) is 10.2 Å². The lowest BCUT2D eigenvalue weighted by molar-refractivity contribution is 0.576. The summed E-state index contributed by atoms with van der Waals surface area (Å²) >= 11 is 0. The lowest BCUT2D eigenvalue weighted by Gasteiger charge is -2.17. The molecule has 1 saturated heterocycles. The number of aromatic nitrogens is 3. The van der Waals surface area contributed by atoms with E-state index in [0.717, 1.165) is 31.7 Å². The van der Waals surface area contributed by atoms with Crippen LogP contribution >= 0.6 is 0 Å². The number of pyridine rings is 1. The van der Waals surface area contributed by atoms with Crippen LogP contribution < -0.4 is 4.90 Å². The van der Waals surface area contributed by atoms with Crippen molar-refractivity contribution in [2.75, 3.05) is 18.0 Å². The van der Waals surface area contributed by atoms with E-state index in [0.29, 0.717) is 5.92 Å². The zero-order valence-electron chi connectivity index (χ0n) is 11.0. The number of aryl methyl sites for hydroxylation is 1. The molecule has 0 aromatic carbocycles. The van der Waals surface area contributed by atoms with Gasteiger partial charge < -0.3 is 4.90 Å². The van der Waals surface area contributed by atoms with E-state index in [-0.39, 0.29) is 0 Å². The van der Waals surface area contributed by atoms with Gasteiger partial charge in [0, 0.05) is 26.3 Å². The van der Waals surface area contributed by atoms with E-state index in [1.165, 1.54) is 11.6 Å². The van der Waals surface area contributed by atoms with Gasteiger partial charge >= 0.3 is 0 Å². The fourth-order valence-corrected chi connectivity index (χ4v) is 2.69. The Hall–Kier alpha value is -1.91. The molecule has 0 spiro atoms. The Labute approximate surface area is 111 Å². The average Bonchev–Trinajstić information content (AvgIpc) is 2.99. The van der Waals surface area contributed by atoms with Crippen molar-refractivity contribution in [3.63, 3.8) is 0 Å². The van der Waals surface area contributed by atoms with Crippen LogP contribution in [0.3, 0.4) is 0 Å². The predicted molar refractivity (Wildman–Crippen MR) is 71.4 cm³/mol. The van der Waals surface area contributed by atoms with Crippen molar-refractivity contribution < 1.29 is 4.39 Å². The molecule has 0 bridgehead atoms. The van der Waals surface area contributed by atoms with Crippen molar-refractivity contribution in [1.29, 1.82) is 0 Å². The summed E-state index contributed by atoms with van der Waals surface area (Å²) in [5.41, 5.74) is 1.27. The van der Waals surface area contributed by atoms with Crippen LogP contribution in [0.2, 0.25) is 0 Å². The first-order valence-corrected chi connectivity index (χ1v) is 6.56. The number of halogens is 1. The quantitative estimate of drug-likeness (QED) is 0.792. The van der Waals surface area contributed by atoms with E-state index in [1.54, 1.807) is 6.07 Å². The van der Waals surface area contributed by atoms with E-state index < -0.39 is 5.95 Å². The molecule has 5 heteroatoms. The first-order valence-electron chi connectivity index (χ1n) is 6.56. The van der Waals surface area contributed by atoms with E-state index in [1.807, 2.05) is 24.0 Å². The van der Waals surface area contributed by atoms with Crippen molar-refractivity contribution in [1.82, 2.24) is 14.8 Å². The second-order valence-corrected chi connectivity index (χ2v) is 5.15. The molecule has 0 amide bonds. The van der Waals surface area contributed by atoms with Crippen molar-refractivity contribution in [2.45, 2.75) is 12.8 Å². The highest BCUT2D eigenvalue weighted by Gasteiger charge is 2.24. The third-order valence-corrected chi connectivity index (χ3v) is 3.59. The van der Waals surface area contributed by atoms with Crippen molar-refractivity contribution in [3.8, 4) is 0 Å². The average molecular weight is 260 g/mol. The summed E-state index contributed by atoms with van der Waals surface area (Å²) in [6.45, 7) is 1.88. The van der Waals surface area contributed by atoms with Crippen molar-refractivity contribution in [3.05, 3.63) is 42.1 Å². The maximum atomic E-state index is 13.1. The standard InChI is InChI=1S/C14H17FN4/c1-18-9-12(8-16-18)7-11-5-6-19(10-11)14-4-2-3-13(15)17-14/h2-4,8-9,11H,5-7,10H2,1H3. The van der Waals surface area contributed by atoms with E-state index in [4.69, 9.17) is 0 Å². The van der Waals surface area contributed by atoms with Gasteiger partial charge in [0.1, 0.15) is 5.82 Å². The minimum Gasteiger partial charge on any atom is -0.356 e. The molecular formula is C14H17FN4. The molecule has 2 aromatic heterocycles. The van der Waals surface area contributed by atoms with Gasteiger partial charge in [-0.15, -0.1) is 0 Å². The molecule has 0 aliphatic carbocycles. The highest BCUT2D eigenvalue weighted by atomic mass is 19.1. The minimum absolute atomic E-state index is 0.409. The number of hydrogen-bond donors (Lipinski definition) is 0. The highest BCUT2D eigenvalue weighted by Crippen LogP contribution is 2.24. The molecular weight excluding hydrogens is 243 g/mol. The van der Waals surface area contributed by atoms with Crippen LogP contribution in [0.15, 0.2) is 30.6 Å². The van der Waals surface area contributed by atoms with Gasteiger partial charge in [0.2, 0.25) is 5.95 Å². The molecule has 1 aliphatic heterocycles. The Kier molecular flexibility index (Phi) is 3.19. The summed E-state index contributed by atoms with van der Waals surface area (Å²) in [5.74, 6) is 0.927. The molecule has 0 radical (unpaired) electrons. The topological polar surface area (TPSA) is 34.0 Å². The van der Waals surface area contributed by atoms with E-state index >= 15 is 0 Å². The molecule has 100 valence electrons. The van der Waals surface area contributed by atoms with Crippen LogP contribution in [0.5, 0.6) is 0 Å². The highest BCUT2D eigenvalue weighted by molar-refractivity contribution is 5.39. The third kappa shape index (κ3) is 2.75. The van der Waals surface area contributed by atoms with Gasteiger partial charge in [-0.3, -0.25) is 4.68 Å². The molecule has 3 heterocycles. The second-order valence-electron chi connectivity index (χ2n) is 5.15. The molecule has 19 heavy (non-hydrogen) atoms. The normalized spacial score (nSPS) is 19.1. The van der Waals surface area contributed by atoms with E-state index in [9.17, 15) is 4.39 Å². The summed E-state index contributed by atoms with van der Waals surface area (Å²) in [4.78, 5) is 6.10. The molecule has 1 fully saturated rings. The second kappa shape index (κ2) is 4.99. The lowest BCUT2D eigenvalue weighted by atomic mass is 10.0. The maximum absolute atomic E-state index is 13.1. The molecule has 2 aromatic rings. The Balaban J connectivity index is 1.64. The maximum Gasteiger partial charge on any atom is 0.214 e. The summed E-state index contributed by atoms with van der Waals surface area (Å²) in [6, 6.07) is 4.97. The molecule has 4 nitrogen and oxygen atoms in total. The molecule has 1 aliphatic rings. The van der Waals surface area contributed by atoms with Gasteiger partial charge in [0.05, 0.1) is 6.20 Å². The Morgan fingerprint density at radius 3 is 3.05 bits per heavy atom. The molecule has 0 N–H and O–H groups in total. The Morgan fingerprint density at radius 2 is 2.32 bits per heavy atom. The fraction of sp³-hybridized carbons (Fsp3) is 0.429. The van der Waals surface area contributed by atoms with Crippen LogP contribution in [0.1, 0.15) is 12.0 Å². The summed E-state index contributed by atoms with van der Waals surface area (Å²) in [6.07, 6.45) is 6.12. The SMILES string of the molecule is Cn1cc(CC2CCN(c3cccc(F)n3)C2)cn1. The number of nitrogens with zero attached hydrogens (tertiary/aromatic N) is 4. The van der Waals surface area contributed by atoms with Gasteiger partial charge in [-0.05, 0) is 36.5 Å². The van der Waals surface area contributed by atoms with Crippen molar-refractivity contribution >= 4 is 5.82 Å². The van der Waals surface area contributed by atoms with Crippen LogP contribution in [0.25, 0.3) is 0 Å². The first kappa shape index (κ1) is 12.1. The first-order chi connectivity index (χ1) is 9.20. The van der Waals surface area contributed by atoms with Gasteiger partial charge in [0.15, 0.2) is 0 Å². The summed E-state index contributed by atoms with van der Waals surface area (Å²) < 4.78 is 14.9. The zero-order chi connectivity index (χ0) is 13.2. The zero-order valence-corrected chi connectivity index (χ0v) is 11.0. The number of rotatable bonds is 3. The van der Waals surface area contributed by atoms with Gasteiger partial charge in [-0.25, -0.2) is 4.98 Å². The van der Waals surface area contributed by atoms with Crippen LogP contribution in [-0.4, -0.2) is 27.9 Å². The Morgan fingerprint density at radius 1 is 1.42 bits per heavy atom.